The molecular weight excluding hydrogens is 459 g/mol. The molecule has 0 heterocycles. The molecule has 0 aliphatic heterocycles. The molecular formula is C19H21Cl3N2O4S. The maximum Gasteiger partial charge on any atom is 0.265 e. The lowest BCUT2D eigenvalue weighted by Gasteiger charge is -2.20. The molecule has 2 aromatic carbocycles. The van der Waals surface area contributed by atoms with Crippen LogP contribution < -0.4 is 10.1 Å². The molecule has 0 bridgehead atoms. The number of carbonyl (C=O) groups excluding carboxylic acids is 1. The summed E-state index contributed by atoms with van der Waals surface area (Å²) in [6.45, 7) is 5.68. The van der Waals surface area contributed by atoms with Crippen molar-refractivity contribution in [2.24, 2.45) is 0 Å². The van der Waals surface area contributed by atoms with Gasteiger partial charge in [0, 0.05) is 13.1 Å². The van der Waals surface area contributed by atoms with Crippen molar-refractivity contribution >= 4 is 56.4 Å². The molecule has 1 unspecified atom stereocenters. The van der Waals surface area contributed by atoms with Crippen molar-refractivity contribution in [1.29, 1.82) is 0 Å². The number of amides is 1. The van der Waals surface area contributed by atoms with Crippen LogP contribution in [-0.2, 0) is 14.8 Å². The van der Waals surface area contributed by atoms with Crippen molar-refractivity contribution in [1.82, 2.24) is 4.31 Å². The Morgan fingerprint density at radius 3 is 2.38 bits per heavy atom. The third kappa shape index (κ3) is 5.55. The Morgan fingerprint density at radius 2 is 1.76 bits per heavy atom. The Labute approximate surface area is 185 Å². The minimum atomic E-state index is -3.70. The van der Waals surface area contributed by atoms with E-state index in [0.29, 0.717) is 18.1 Å². The summed E-state index contributed by atoms with van der Waals surface area (Å²) in [6.07, 6.45) is -0.940. The molecule has 29 heavy (non-hydrogen) atoms. The molecule has 0 fully saturated rings. The topological polar surface area (TPSA) is 75.7 Å². The highest BCUT2D eigenvalue weighted by Crippen LogP contribution is 2.32. The second-order valence-electron chi connectivity index (χ2n) is 6.03. The molecule has 2 aromatic rings. The number of nitrogens with one attached hydrogen (secondary N) is 1. The summed E-state index contributed by atoms with van der Waals surface area (Å²) in [7, 11) is -3.70. The first-order valence-corrected chi connectivity index (χ1v) is 11.4. The molecule has 0 aliphatic carbocycles. The highest BCUT2D eigenvalue weighted by atomic mass is 35.5. The normalized spacial score (nSPS) is 12.7. The van der Waals surface area contributed by atoms with Crippen LogP contribution in [0.5, 0.6) is 5.75 Å². The molecule has 0 saturated carbocycles. The first kappa shape index (κ1) is 23.8. The number of sulfonamides is 1. The zero-order valence-electron chi connectivity index (χ0n) is 16.1. The van der Waals surface area contributed by atoms with E-state index in [1.807, 2.05) is 0 Å². The van der Waals surface area contributed by atoms with Crippen LogP contribution in [0.15, 0.2) is 41.3 Å². The smallest absolute Gasteiger partial charge is 0.265 e. The predicted octanol–water partition coefficient (Wildman–Crippen LogP) is 5.08. The van der Waals surface area contributed by atoms with E-state index in [1.54, 1.807) is 32.0 Å². The van der Waals surface area contributed by atoms with E-state index in [2.05, 4.69) is 5.32 Å². The van der Waals surface area contributed by atoms with Gasteiger partial charge in [0.1, 0.15) is 10.8 Å². The summed E-state index contributed by atoms with van der Waals surface area (Å²) in [5.41, 5.74) is 0.164. The Kier molecular flexibility index (Phi) is 8.19. The molecule has 0 radical (unpaired) electrons. The van der Waals surface area contributed by atoms with Gasteiger partial charge in [-0.1, -0.05) is 54.7 Å². The lowest BCUT2D eigenvalue weighted by atomic mass is 10.3. The first-order valence-electron chi connectivity index (χ1n) is 8.83. The standard InChI is InChI=1S/C19H21Cl3N2O4S/c1-4-24(5-2)29(26,27)13-9-10-14(20)16(11-13)23-19(25)12(3)28-17-8-6-7-15(21)18(17)22/h6-12H,4-5H2,1-3H3,(H,23,25). The molecule has 10 heteroatoms. The Morgan fingerprint density at radius 1 is 1.10 bits per heavy atom. The van der Waals surface area contributed by atoms with E-state index in [0.717, 1.165) is 0 Å². The van der Waals surface area contributed by atoms with E-state index >= 15 is 0 Å². The maximum absolute atomic E-state index is 12.7. The fourth-order valence-electron chi connectivity index (χ4n) is 2.53. The summed E-state index contributed by atoms with van der Waals surface area (Å²) in [6, 6.07) is 8.98. The minimum Gasteiger partial charge on any atom is -0.479 e. The molecule has 6 nitrogen and oxygen atoms in total. The van der Waals surface area contributed by atoms with Gasteiger partial charge in [-0.15, -0.1) is 0 Å². The summed E-state index contributed by atoms with van der Waals surface area (Å²) in [5, 5.41) is 3.29. The lowest BCUT2D eigenvalue weighted by molar-refractivity contribution is -0.122. The van der Waals surface area contributed by atoms with Gasteiger partial charge in [0.2, 0.25) is 10.0 Å². The SMILES string of the molecule is CCN(CC)S(=O)(=O)c1ccc(Cl)c(NC(=O)C(C)Oc2cccc(Cl)c2Cl)c1. The van der Waals surface area contributed by atoms with E-state index < -0.39 is 22.0 Å². The monoisotopic (exact) mass is 478 g/mol. The van der Waals surface area contributed by atoms with Gasteiger partial charge in [-0.25, -0.2) is 8.42 Å². The van der Waals surface area contributed by atoms with Gasteiger partial charge in [0.05, 0.1) is 20.6 Å². The zero-order chi connectivity index (χ0) is 21.8. The number of halogens is 3. The number of ether oxygens (including phenoxy) is 1. The quantitative estimate of drug-likeness (QED) is 0.572. The van der Waals surface area contributed by atoms with E-state index in [4.69, 9.17) is 39.5 Å². The van der Waals surface area contributed by atoms with E-state index in [1.165, 1.54) is 29.4 Å². The molecule has 1 N–H and O–H groups in total. The van der Waals surface area contributed by atoms with Crippen LogP contribution in [0.3, 0.4) is 0 Å². The first-order chi connectivity index (χ1) is 13.6. The highest BCUT2D eigenvalue weighted by Gasteiger charge is 2.24. The fraction of sp³-hybridized carbons (Fsp3) is 0.316. The van der Waals surface area contributed by atoms with Crippen LogP contribution in [0.1, 0.15) is 20.8 Å². The van der Waals surface area contributed by atoms with Gasteiger partial charge in [-0.05, 0) is 37.3 Å². The van der Waals surface area contributed by atoms with Crippen LogP contribution in [0.4, 0.5) is 5.69 Å². The second-order valence-corrected chi connectivity index (χ2v) is 9.16. The van der Waals surface area contributed by atoms with Crippen LogP contribution >= 0.6 is 34.8 Å². The van der Waals surface area contributed by atoms with E-state index in [9.17, 15) is 13.2 Å². The zero-order valence-corrected chi connectivity index (χ0v) is 19.2. The Hall–Kier alpha value is -1.51. The molecule has 2 rings (SSSR count). The van der Waals surface area contributed by atoms with Crippen molar-refractivity contribution in [3.05, 3.63) is 51.5 Å². The molecule has 0 spiro atoms. The molecule has 0 aromatic heterocycles. The maximum atomic E-state index is 12.7. The van der Waals surface area contributed by atoms with Crippen molar-refractivity contribution < 1.29 is 17.9 Å². The van der Waals surface area contributed by atoms with E-state index in [-0.39, 0.29) is 26.4 Å². The highest BCUT2D eigenvalue weighted by molar-refractivity contribution is 7.89. The number of anilines is 1. The van der Waals surface area contributed by atoms with Gasteiger partial charge >= 0.3 is 0 Å². The molecule has 0 saturated heterocycles. The van der Waals surface area contributed by atoms with Gasteiger partial charge in [0.25, 0.3) is 5.91 Å². The minimum absolute atomic E-state index is 0.0346. The van der Waals surface area contributed by atoms with Crippen LogP contribution in [0, 0.1) is 0 Å². The number of benzene rings is 2. The van der Waals surface area contributed by atoms with Crippen molar-refractivity contribution in [2.75, 3.05) is 18.4 Å². The average molecular weight is 480 g/mol. The predicted molar refractivity (Wildman–Crippen MR) is 117 cm³/mol. The van der Waals surface area contributed by atoms with Crippen LogP contribution in [-0.4, -0.2) is 37.8 Å². The van der Waals surface area contributed by atoms with Gasteiger partial charge < -0.3 is 10.1 Å². The van der Waals surface area contributed by atoms with Crippen LogP contribution in [0.25, 0.3) is 0 Å². The average Bonchev–Trinajstić information content (AvgIpc) is 2.67. The number of hydrogen-bond donors (Lipinski definition) is 1. The summed E-state index contributed by atoms with van der Waals surface area (Å²) in [5.74, 6) is -0.272. The van der Waals surface area contributed by atoms with Crippen molar-refractivity contribution in [3.8, 4) is 5.75 Å². The molecule has 1 atom stereocenters. The lowest BCUT2D eigenvalue weighted by Crippen LogP contribution is -2.31. The van der Waals surface area contributed by atoms with Gasteiger partial charge in [-0.2, -0.15) is 4.31 Å². The molecule has 0 aliphatic rings. The summed E-state index contributed by atoms with van der Waals surface area (Å²) >= 11 is 18.2. The Balaban J connectivity index is 2.22. The molecule has 158 valence electrons. The number of rotatable bonds is 8. The Bertz CT molecular complexity index is 995. The van der Waals surface area contributed by atoms with Gasteiger partial charge in [0.15, 0.2) is 6.10 Å². The largest absolute Gasteiger partial charge is 0.479 e. The number of hydrogen-bond acceptors (Lipinski definition) is 4. The summed E-state index contributed by atoms with van der Waals surface area (Å²) in [4.78, 5) is 12.6. The summed E-state index contributed by atoms with van der Waals surface area (Å²) < 4.78 is 32.3. The second kappa shape index (κ2) is 10.00. The third-order valence-corrected chi connectivity index (χ3v) is 7.31. The fourth-order valence-corrected chi connectivity index (χ4v) is 4.51. The van der Waals surface area contributed by atoms with Crippen LogP contribution in [0.2, 0.25) is 15.1 Å². The van der Waals surface area contributed by atoms with Gasteiger partial charge in [-0.3, -0.25) is 4.79 Å². The van der Waals surface area contributed by atoms with Crippen molar-refractivity contribution in [2.45, 2.75) is 31.8 Å². The van der Waals surface area contributed by atoms with Crippen molar-refractivity contribution in [3.63, 3.8) is 0 Å². The number of carbonyl (C=O) groups is 1. The molecule has 1 amide bonds. The third-order valence-electron chi connectivity index (χ3n) is 4.13. The number of nitrogens with zero attached hydrogens (tertiary/aromatic N) is 1.